The van der Waals surface area contributed by atoms with Gasteiger partial charge >= 0.3 is 5.97 Å². The molecular weight excluding hydrogens is 328 g/mol. The van der Waals surface area contributed by atoms with E-state index in [1.807, 2.05) is 55.5 Å². The molecule has 134 valence electrons. The quantitative estimate of drug-likeness (QED) is 0.646. The topological polar surface area (TPSA) is 71.5 Å². The van der Waals surface area contributed by atoms with Gasteiger partial charge in [0.1, 0.15) is 5.75 Å². The van der Waals surface area contributed by atoms with Gasteiger partial charge in [0.05, 0.1) is 24.2 Å². The van der Waals surface area contributed by atoms with Crippen molar-refractivity contribution in [1.29, 1.82) is 0 Å². The third kappa shape index (κ3) is 3.94. The van der Waals surface area contributed by atoms with E-state index in [9.17, 15) is 9.90 Å². The second-order valence-corrected chi connectivity index (χ2v) is 6.14. The molecule has 0 unspecified atom stereocenters. The minimum atomic E-state index is -0.878. The number of nitrogens with zero attached hydrogens (tertiary/aromatic N) is 1. The van der Waals surface area contributed by atoms with E-state index < -0.39 is 5.97 Å². The Morgan fingerprint density at radius 1 is 1.15 bits per heavy atom. The summed E-state index contributed by atoms with van der Waals surface area (Å²) in [6.45, 7) is 4.60. The number of aliphatic carboxylic acids is 1. The van der Waals surface area contributed by atoms with Crippen LogP contribution in [-0.4, -0.2) is 22.7 Å². The van der Waals surface area contributed by atoms with Crippen molar-refractivity contribution in [3.8, 4) is 5.75 Å². The molecule has 0 saturated heterocycles. The molecule has 1 heterocycles. The zero-order valence-electron chi connectivity index (χ0n) is 15.0. The summed E-state index contributed by atoms with van der Waals surface area (Å²) < 4.78 is 5.61. The highest BCUT2D eigenvalue weighted by atomic mass is 16.5. The first-order valence-electron chi connectivity index (χ1n) is 8.68. The van der Waals surface area contributed by atoms with Crippen LogP contribution in [0, 0.1) is 6.92 Å². The van der Waals surface area contributed by atoms with Crippen LogP contribution in [0.5, 0.6) is 5.75 Å². The molecule has 2 aromatic carbocycles. The van der Waals surface area contributed by atoms with Gasteiger partial charge in [0.25, 0.3) is 0 Å². The molecule has 0 amide bonds. The van der Waals surface area contributed by atoms with Crippen molar-refractivity contribution in [1.82, 2.24) is 4.98 Å². The highest BCUT2D eigenvalue weighted by Gasteiger charge is 2.15. The molecule has 5 nitrogen and oxygen atoms in total. The summed E-state index contributed by atoms with van der Waals surface area (Å²) >= 11 is 0. The number of carbonyl (C=O) groups is 1. The molecule has 26 heavy (non-hydrogen) atoms. The van der Waals surface area contributed by atoms with Crippen molar-refractivity contribution in [3.05, 3.63) is 59.8 Å². The number of aryl methyl sites for hydroxylation is 1. The van der Waals surface area contributed by atoms with Crippen LogP contribution in [0.25, 0.3) is 10.9 Å². The van der Waals surface area contributed by atoms with Crippen LogP contribution in [0.4, 0.5) is 11.4 Å². The van der Waals surface area contributed by atoms with Crippen molar-refractivity contribution < 1.29 is 14.6 Å². The van der Waals surface area contributed by atoms with Crippen molar-refractivity contribution in [2.75, 3.05) is 11.9 Å². The predicted molar refractivity (Wildman–Crippen MR) is 103 cm³/mol. The van der Waals surface area contributed by atoms with E-state index in [0.717, 1.165) is 40.1 Å². The number of aromatic nitrogens is 1. The number of benzene rings is 2. The summed E-state index contributed by atoms with van der Waals surface area (Å²) in [5.74, 6) is -0.0597. The first kappa shape index (κ1) is 17.7. The summed E-state index contributed by atoms with van der Waals surface area (Å²) in [6.07, 6.45) is 0.879. The number of ether oxygens (including phenoxy) is 1. The van der Waals surface area contributed by atoms with E-state index in [0.29, 0.717) is 12.2 Å². The smallest absolute Gasteiger partial charge is 0.307 e. The summed E-state index contributed by atoms with van der Waals surface area (Å²) in [4.78, 5) is 15.9. The van der Waals surface area contributed by atoms with Crippen molar-refractivity contribution in [3.63, 3.8) is 0 Å². The maximum atomic E-state index is 11.3. The molecule has 0 saturated carbocycles. The Morgan fingerprint density at radius 3 is 2.58 bits per heavy atom. The van der Waals surface area contributed by atoms with Crippen LogP contribution in [0.1, 0.15) is 24.6 Å². The lowest BCUT2D eigenvalue weighted by Crippen LogP contribution is -2.08. The fourth-order valence-corrected chi connectivity index (χ4v) is 2.88. The van der Waals surface area contributed by atoms with Crippen LogP contribution in [0.3, 0.4) is 0 Å². The summed E-state index contributed by atoms with van der Waals surface area (Å²) in [5.41, 5.74) is 3.91. The Morgan fingerprint density at radius 2 is 1.88 bits per heavy atom. The van der Waals surface area contributed by atoms with Gasteiger partial charge in [-0.3, -0.25) is 9.78 Å². The highest BCUT2D eigenvalue weighted by Crippen LogP contribution is 2.32. The molecular formula is C21H22N2O3. The standard InChI is InChI=1S/C21H22N2O3/c1-3-12-26-16-10-8-15(9-11-16)23-21-17-6-4-5-7-19(17)22-14(2)18(21)13-20(24)25/h4-11H,3,12-13H2,1-2H3,(H,22,23)(H,24,25). The zero-order valence-corrected chi connectivity index (χ0v) is 15.0. The van der Waals surface area contributed by atoms with E-state index in [2.05, 4.69) is 17.2 Å². The monoisotopic (exact) mass is 350 g/mol. The van der Waals surface area contributed by atoms with Gasteiger partial charge in [-0.15, -0.1) is 0 Å². The second kappa shape index (κ2) is 7.87. The molecule has 0 bridgehead atoms. The molecule has 0 radical (unpaired) electrons. The van der Waals surface area contributed by atoms with Gasteiger partial charge in [0, 0.05) is 22.3 Å². The molecule has 0 spiro atoms. The van der Waals surface area contributed by atoms with E-state index in [-0.39, 0.29) is 6.42 Å². The number of hydrogen-bond donors (Lipinski definition) is 2. The minimum absolute atomic E-state index is 0.0797. The number of carboxylic acid groups (broad SMARTS) is 1. The van der Waals surface area contributed by atoms with Crippen LogP contribution in [-0.2, 0) is 11.2 Å². The average molecular weight is 350 g/mol. The Labute approximate surface area is 152 Å². The Balaban J connectivity index is 2.00. The highest BCUT2D eigenvalue weighted by molar-refractivity contribution is 5.96. The average Bonchev–Trinajstić information content (AvgIpc) is 2.63. The number of pyridine rings is 1. The van der Waals surface area contributed by atoms with Crippen molar-refractivity contribution >= 4 is 28.2 Å². The molecule has 0 atom stereocenters. The SMILES string of the molecule is CCCOc1ccc(Nc2c(CC(=O)O)c(C)nc3ccccc23)cc1. The van der Waals surface area contributed by atoms with Crippen molar-refractivity contribution in [2.45, 2.75) is 26.7 Å². The largest absolute Gasteiger partial charge is 0.494 e. The minimum Gasteiger partial charge on any atom is -0.494 e. The van der Waals surface area contributed by atoms with Crippen LogP contribution in [0.2, 0.25) is 0 Å². The number of rotatable bonds is 7. The zero-order chi connectivity index (χ0) is 18.5. The Hall–Kier alpha value is -3.08. The third-order valence-electron chi connectivity index (χ3n) is 4.12. The lowest BCUT2D eigenvalue weighted by atomic mass is 10.0. The normalized spacial score (nSPS) is 10.7. The molecule has 0 aliphatic rings. The van der Waals surface area contributed by atoms with E-state index in [4.69, 9.17) is 4.74 Å². The number of hydrogen-bond acceptors (Lipinski definition) is 4. The lowest BCUT2D eigenvalue weighted by Gasteiger charge is -2.16. The third-order valence-corrected chi connectivity index (χ3v) is 4.12. The molecule has 0 aliphatic carbocycles. The van der Waals surface area contributed by atoms with E-state index in [1.54, 1.807) is 0 Å². The predicted octanol–water partition coefficient (Wildman–Crippen LogP) is 4.70. The first-order valence-corrected chi connectivity index (χ1v) is 8.68. The van der Waals surface area contributed by atoms with E-state index >= 15 is 0 Å². The van der Waals surface area contributed by atoms with Gasteiger partial charge in [0.2, 0.25) is 0 Å². The molecule has 0 aliphatic heterocycles. The second-order valence-electron chi connectivity index (χ2n) is 6.14. The summed E-state index contributed by atoms with van der Waals surface area (Å²) in [7, 11) is 0. The number of anilines is 2. The lowest BCUT2D eigenvalue weighted by molar-refractivity contribution is -0.136. The van der Waals surface area contributed by atoms with Crippen LogP contribution < -0.4 is 10.1 Å². The Kier molecular flexibility index (Phi) is 5.37. The van der Waals surface area contributed by atoms with Crippen LogP contribution >= 0.6 is 0 Å². The first-order chi connectivity index (χ1) is 12.6. The molecule has 3 aromatic rings. The van der Waals surface area contributed by atoms with Gasteiger partial charge in [0.15, 0.2) is 0 Å². The van der Waals surface area contributed by atoms with Crippen LogP contribution in [0.15, 0.2) is 48.5 Å². The number of nitrogens with one attached hydrogen (secondary N) is 1. The van der Waals surface area contributed by atoms with Gasteiger partial charge in [-0.2, -0.15) is 0 Å². The Bertz CT molecular complexity index is 920. The fraction of sp³-hybridized carbons (Fsp3) is 0.238. The fourth-order valence-electron chi connectivity index (χ4n) is 2.88. The molecule has 1 aromatic heterocycles. The molecule has 2 N–H and O–H groups in total. The maximum Gasteiger partial charge on any atom is 0.307 e. The summed E-state index contributed by atoms with van der Waals surface area (Å²) in [5, 5.41) is 13.6. The number of fused-ring (bicyclic) bond motifs is 1. The maximum absolute atomic E-state index is 11.3. The van der Waals surface area contributed by atoms with Gasteiger partial charge in [-0.05, 0) is 43.7 Å². The molecule has 3 rings (SSSR count). The van der Waals surface area contributed by atoms with Crippen molar-refractivity contribution in [2.24, 2.45) is 0 Å². The van der Waals surface area contributed by atoms with E-state index in [1.165, 1.54) is 0 Å². The van der Waals surface area contributed by atoms with Gasteiger partial charge in [-0.1, -0.05) is 25.1 Å². The molecule has 5 heteroatoms. The number of carboxylic acids is 1. The summed E-state index contributed by atoms with van der Waals surface area (Å²) in [6, 6.07) is 15.4. The van der Waals surface area contributed by atoms with Gasteiger partial charge < -0.3 is 15.2 Å². The number of para-hydroxylation sites is 1. The van der Waals surface area contributed by atoms with Gasteiger partial charge in [-0.25, -0.2) is 0 Å². The molecule has 0 fully saturated rings.